The largest absolute Gasteiger partial charge is 0.494 e. The summed E-state index contributed by atoms with van der Waals surface area (Å²) in [5, 5.41) is 2.59. The highest BCUT2D eigenvalue weighted by molar-refractivity contribution is 5.94. The Bertz CT molecular complexity index is 724. The summed E-state index contributed by atoms with van der Waals surface area (Å²) in [7, 11) is 3.36. The molecule has 26 heavy (non-hydrogen) atoms. The highest BCUT2D eigenvalue weighted by Crippen LogP contribution is 2.15. The highest BCUT2D eigenvalue weighted by Gasteiger charge is 2.12. The number of amides is 2. The van der Waals surface area contributed by atoms with E-state index in [2.05, 4.69) is 12.2 Å². The van der Waals surface area contributed by atoms with Crippen molar-refractivity contribution >= 4 is 11.8 Å². The number of rotatable bonds is 8. The van der Waals surface area contributed by atoms with Gasteiger partial charge in [-0.15, -0.1) is 0 Å². The van der Waals surface area contributed by atoms with Crippen LogP contribution in [0.1, 0.15) is 46.0 Å². The third kappa shape index (κ3) is 5.34. The molecule has 0 fully saturated rings. The molecule has 2 amide bonds. The molecule has 0 spiro atoms. The van der Waals surface area contributed by atoms with E-state index in [0.717, 1.165) is 24.2 Å². The topological polar surface area (TPSA) is 58.6 Å². The summed E-state index contributed by atoms with van der Waals surface area (Å²) in [5.41, 5.74) is 2.19. The summed E-state index contributed by atoms with van der Waals surface area (Å²) in [6.07, 6.45) is 2.10. The van der Waals surface area contributed by atoms with E-state index in [-0.39, 0.29) is 11.8 Å². The van der Waals surface area contributed by atoms with Gasteiger partial charge in [0, 0.05) is 31.8 Å². The normalized spacial score (nSPS) is 10.3. The second-order valence-electron chi connectivity index (χ2n) is 6.16. The summed E-state index contributed by atoms with van der Waals surface area (Å²) in [6.45, 7) is 3.28. The maximum absolute atomic E-state index is 12.6. The van der Waals surface area contributed by atoms with Crippen LogP contribution < -0.4 is 10.1 Å². The number of unbranched alkanes of at least 4 members (excludes halogenated alkanes) is 1. The zero-order chi connectivity index (χ0) is 18.9. The quantitative estimate of drug-likeness (QED) is 0.738. The molecule has 0 aliphatic rings. The van der Waals surface area contributed by atoms with Crippen molar-refractivity contribution in [1.82, 2.24) is 10.2 Å². The van der Waals surface area contributed by atoms with Gasteiger partial charge in [0.2, 0.25) is 0 Å². The van der Waals surface area contributed by atoms with Crippen LogP contribution in [-0.4, -0.2) is 37.4 Å². The number of carbonyl (C=O) groups is 2. The maximum atomic E-state index is 12.6. The van der Waals surface area contributed by atoms with Crippen molar-refractivity contribution in [2.75, 3.05) is 20.7 Å². The number of hydrogen-bond acceptors (Lipinski definition) is 3. The van der Waals surface area contributed by atoms with Gasteiger partial charge in [-0.1, -0.05) is 25.5 Å². The van der Waals surface area contributed by atoms with Crippen molar-refractivity contribution in [3.8, 4) is 5.75 Å². The Morgan fingerprint density at radius 2 is 1.62 bits per heavy atom. The number of hydrogen-bond donors (Lipinski definition) is 1. The number of nitrogens with one attached hydrogen (secondary N) is 1. The fourth-order valence-corrected chi connectivity index (χ4v) is 2.50. The first kappa shape index (κ1) is 19.5. The lowest BCUT2D eigenvalue weighted by molar-refractivity contribution is 0.0784. The van der Waals surface area contributed by atoms with E-state index in [9.17, 15) is 9.59 Å². The molecule has 5 nitrogen and oxygen atoms in total. The molecule has 1 N–H and O–H groups in total. The minimum Gasteiger partial charge on any atom is -0.494 e. The molecule has 0 heterocycles. The highest BCUT2D eigenvalue weighted by atomic mass is 16.5. The maximum Gasteiger partial charge on any atom is 0.253 e. The van der Waals surface area contributed by atoms with Crippen molar-refractivity contribution in [2.24, 2.45) is 0 Å². The van der Waals surface area contributed by atoms with Gasteiger partial charge in [-0.05, 0) is 48.4 Å². The Hall–Kier alpha value is -2.82. The van der Waals surface area contributed by atoms with Gasteiger partial charge >= 0.3 is 0 Å². The first-order chi connectivity index (χ1) is 12.5. The van der Waals surface area contributed by atoms with Crippen molar-refractivity contribution in [3.63, 3.8) is 0 Å². The minimum absolute atomic E-state index is 0.0551. The monoisotopic (exact) mass is 354 g/mol. The molecule has 0 aliphatic heterocycles. The Balaban J connectivity index is 1.95. The molecule has 2 aromatic rings. The molecule has 0 saturated heterocycles. The molecule has 0 radical (unpaired) electrons. The Kier molecular flexibility index (Phi) is 7.21. The second kappa shape index (κ2) is 9.61. The van der Waals surface area contributed by atoms with Gasteiger partial charge in [0.25, 0.3) is 11.8 Å². The molecule has 5 heteroatoms. The summed E-state index contributed by atoms with van der Waals surface area (Å²) in [5.74, 6) is 0.602. The predicted octanol–water partition coefficient (Wildman–Crippen LogP) is 3.50. The molecule has 0 saturated carbocycles. The van der Waals surface area contributed by atoms with Crippen molar-refractivity contribution in [1.29, 1.82) is 0 Å². The Labute approximate surface area is 155 Å². The van der Waals surface area contributed by atoms with Gasteiger partial charge in [-0.25, -0.2) is 0 Å². The molecule has 138 valence electrons. The van der Waals surface area contributed by atoms with E-state index in [4.69, 9.17) is 4.74 Å². The van der Waals surface area contributed by atoms with Gasteiger partial charge in [0.05, 0.1) is 6.61 Å². The molecule has 2 rings (SSSR count). The lowest BCUT2D eigenvalue weighted by Crippen LogP contribution is -2.26. The van der Waals surface area contributed by atoms with E-state index in [1.54, 1.807) is 43.3 Å². The first-order valence-corrected chi connectivity index (χ1v) is 8.84. The van der Waals surface area contributed by atoms with Crippen LogP contribution in [0.4, 0.5) is 0 Å². The predicted molar refractivity (Wildman–Crippen MR) is 102 cm³/mol. The van der Waals surface area contributed by atoms with E-state index < -0.39 is 0 Å². The average molecular weight is 354 g/mol. The summed E-state index contributed by atoms with van der Waals surface area (Å²) in [4.78, 5) is 25.8. The van der Waals surface area contributed by atoms with Crippen LogP contribution in [0.5, 0.6) is 5.75 Å². The van der Waals surface area contributed by atoms with Crippen LogP contribution in [0.15, 0.2) is 48.5 Å². The van der Waals surface area contributed by atoms with E-state index in [1.165, 1.54) is 0 Å². The SMILES string of the molecule is CCCCOc1ccc(C(=O)N(C)Cc2ccc(C(=O)NC)cc2)cc1. The van der Waals surface area contributed by atoms with Crippen LogP contribution in [0.3, 0.4) is 0 Å². The first-order valence-electron chi connectivity index (χ1n) is 8.84. The summed E-state index contributed by atoms with van der Waals surface area (Å²) in [6, 6.07) is 14.5. The van der Waals surface area contributed by atoms with Crippen LogP contribution in [-0.2, 0) is 6.54 Å². The standard InChI is InChI=1S/C21H26N2O3/c1-4-5-14-26-19-12-10-18(11-13-19)21(25)23(3)15-16-6-8-17(9-7-16)20(24)22-2/h6-13H,4-5,14-15H2,1-3H3,(H,22,24). The van der Waals surface area contributed by atoms with Gasteiger partial charge < -0.3 is 15.0 Å². The van der Waals surface area contributed by atoms with E-state index in [0.29, 0.717) is 24.3 Å². The smallest absolute Gasteiger partial charge is 0.253 e. The van der Waals surface area contributed by atoms with Gasteiger partial charge in [0.15, 0.2) is 0 Å². The van der Waals surface area contributed by atoms with Crippen LogP contribution in [0.25, 0.3) is 0 Å². The third-order valence-corrected chi connectivity index (χ3v) is 4.08. The number of nitrogens with zero attached hydrogens (tertiary/aromatic N) is 1. The molecule has 0 aromatic heterocycles. The molecule has 0 unspecified atom stereocenters. The molecular formula is C21H26N2O3. The number of carbonyl (C=O) groups excluding carboxylic acids is 2. The Morgan fingerprint density at radius 1 is 1.00 bits per heavy atom. The van der Waals surface area contributed by atoms with E-state index >= 15 is 0 Å². The lowest BCUT2D eigenvalue weighted by Gasteiger charge is -2.18. The number of ether oxygens (including phenoxy) is 1. The van der Waals surface area contributed by atoms with Crippen LogP contribution in [0, 0.1) is 0 Å². The summed E-state index contributed by atoms with van der Waals surface area (Å²) >= 11 is 0. The van der Waals surface area contributed by atoms with Crippen molar-refractivity contribution in [2.45, 2.75) is 26.3 Å². The Morgan fingerprint density at radius 3 is 2.19 bits per heavy atom. The van der Waals surface area contributed by atoms with Crippen LogP contribution >= 0.6 is 0 Å². The van der Waals surface area contributed by atoms with E-state index in [1.807, 2.05) is 24.3 Å². The van der Waals surface area contributed by atoms with Crippen molar-refractivity contribution < 1.29 is 14.3 Å². The fourth-order valence-electron chi connectivity index (χ4n) is 2.50. The van der Waals surface area contributed by atoms with Gasteiger partial charge in [-0.2, -0.15) is 0 Å². The average Bonchev–Trinajstić information content (AvgIpc) is 2.68. The van der Waals surface area contributed by atoms with Crippen molar-refractivity contribution in [3.05, 3.63) is 65.2 Å². The molecule has 0 atom stereocenters. The molecular weight excluding hydrogens is 328 g/mol. The third-order valence-electron chi connectivity index (χ3n) is 4.08. The molecule has 0 aliphatic carbocycles. The zero-order valence-electron chi connectivity index (χ0n) is 15.6. The van der Waals surface area contributed by atoms with Gasteiger partial charge in [-0.3, -0.25) is 9.59 Å². The second-order valence-corrected chi connectivity index (χ2v) is 6.16. The molecule has 0 bridgehead atoms. The zero-order valence-corrected chi connectivity index (χ0v) is 15.6. The van der Waals surface area contributed by atoms with Gasteiger partial charge in [0.1, 0.15) is 5.75 Å². The summed E-state index contributed by atoms with van der Waals surface area (Å²) < 4.78 is 5.62. The molecule has 2 aromatic carbocycles. The number of benzene rings is 2. The minimum atomic E-state index is -0.123. The van der Waals surface area contributed by atoms with Crippen LogP contribution in [0.2, 0.25) is 0 Å². The lowest BCUT2D eigenvalue weighted by atomic mass is 10.1. The fraction of sp³-hybridized carbons (Fsp3) is 0.333.